The van der Waals surface area contributed by atoms with Crippen LogP contribution in [0.5, 0.6) is 0 Å². The third-order valence-corrected chi connectivity index (χ3v) is 3.35. The minimum absolute atomic E-state index is 0. The van der Waals surface area contributed by atoms with Crippen molar-refractivity contribution in [3.05, 3.63) is 66.2 Å². The van der Waals surface area contributed by atoms with Gasteiger partial charge in [-0.2, -0.15) is 0 Å². The van der Waals surface area contributed by atoms with Gasteiger partial charge in [0.25, 0.3) is 0 Å². The minimum atomic E-state index is -0.921. The van der Waals surface area contributed by atoms with E-state index in [1.165, 1.54) is 0 Å². The van der Waals surface area contributed by atoms with Gasteiger partial charge in [0.05, 0.1) is 5.56 Å². The Hall–Kier alpha value is -1.35. The van der Waals surface area contributed by atoms with E-state index in [1.54, 1.807) is 12.1 Å². The van der Waals surface area contributed by atoms with Crippen molar-refractivity contribution in [2.24, 2.45) is 0 Å². The Morgan fingerprint density at radius 1 is 1.00 bits per heavy atom. The fourth-order valence-corrected chi connectivity index (χ4v) is 2.44. The molecule has 2 radical (unpaired) electrons. The van der Waals surface area contributed by atoms with Gasteiger partial charge >= 0.3 is 5.97 Å². The molecule has 3 aromatic rings. The van der Waals surface area contributed by atoms with Crippen LogP contribution in [0.3, 0.4) is 0 Å². The van der Waals surface area contributed by atoms with Crippen LogP contribution in [0.1, 0.15) is 15.9 Å². The van der Waals surface area contributed by atoms with E-state index in [1.807, 2.05) is 42.5 Å². The molecule has 0 amide bonds. The summed E-state index contributed by atoms with van der Waals surface area (Å²) in [5.74, 6) is -0.921. The van der Waals surface area contributed by atoms with Gasteiger partial charge in [0.1, 0.15) is 0 Å². The van der Waals surface area contributed by atoms with E-state index in [4.69, 9.17) is 0 Å². The van der Waals surface area contributed by atoms with Crippen LogP contribution < -0.4 is 0 Å². The first-order valence-corrected chi connectivity index (χ1v) is 6.02. The summed E-state index contributed by atoms with van der Waals surface area (Å²) in [6, 6.07) is 15.6. The van der Waals surface area contributed by atoms with Crippen molar-refractivity contribution < 1.29 is 9.90 Å². The molecule has 0 bridgehead atoms. The van der Waals surface area contributed by atoms with Crippen LogP contribution in [0.25, 0.3) is 27.6 Å². The molecule has 0 unspecified atom stereocenters. The van der Waals surface area contributed by atoms with E-state index < -0.39 is 5.97 Å². The molecule has 3 aromatic carbocycles. The molecular formula is C17H12CaO2. The fraction of sp³-hybridized carbons (Fsp3) is 0. The third kappa shape index (κ3) is 2.47. The third-order valence-electron chi connectivity index (χ3n) is 3.35. The predicted octanol–water partition coefficient (Wildman–Crippen LogP) is 3.95. The summed E-state index contributed by atoms with van der Waals surface area (Å²) >= 11 is 0. The summed E-state index contributed by atoms with van der Waals surface area (Å²) in [4.78, 5) is 11.5. The van der Waals surface area contributed by atoms with Crippen molar-refractivity contribution in [3.8, 4) is 0 Å². The second-order valence-corrected chi connectivity index (χ2v) is 4.46. The van der Waals surface area contributed by atoms with Crippen molar-refractivity contribution in [2.75, 3.05) is 0 Å². The SMILES string of the molecule is C=Cc1ccc2cc3ccccc3cc2c1C(=O)O.[Ca]. The normalized spacial score (nSPS) is 10.2. The van der Waals surface area contributed by atoms with Gasteiger partial charge in [0, 0.05) is 37.7 Å². The molecule has 0 spiro atoms. The van der Waals surface area contributed by atoms with Crippen LogP contribution in [0, 0.1) is 0 Å². The summed E-state index contributed by atoms with van der Waals surface area (Å²) in [5, 5.41) is 13.3. The van der Waals surface area contributed by atoms with Gasteiger partial charge in [-0.05, 0) is 39.2 Å². The molecule has 3 rings (SSSR count). The smallest absolute Gasteiger partial charge is 0.336 e. The number of carboxylic acids is 1. The second kappa shape index (κ2) is 5.96. The van der Waals surface area contributed by atoms with Gasteiger partial charge < -0.3 is 5.11 Å². The molecule has 0 aromatic heterocycles. The van der Waals surface area contributed by atoms with Gasteiger partial charge in [-0.3, -0.25) is 0 Å². The Labute approximate surface area is 146 Å². The Morgan fingerprint density at radius 2 is 1.65 bits per heavy atom. The zero-order valence-corrected chi connectivity index (χ0v) is 13.2. The summed E-state index contributed by atoms with van der Waals surface area (Å²) < 4.78 is 0. The molecule has 0 aliphatic carbocycles. The first kappa shape index (κ1) is 15.0. The predicted molar refractivity (Wildman–Crippen MR) is 84.3 cm³/mol. The van der Waals surface area contributed by atoms with Gasteiger partial charge in [0.15, 0.2) is 0 Å². The van der Waals surface area contributed by atoms with E-state index in [-0.39, 0.29) is 37.7 Å². The molecular weight excluding hydrogens is 276 g/mol. The topological polar surface area (TPSA) is 37.3 Å². The number of rotatable bonds is 2. The van der Waals surface area contributed by atoms with Crippen LogP contribution in [-0.4, -0.2) is 48.8 Å². The summed E-state index contributed by atoms with van der Waals surface area (Å²) in [7, 11) is 0. The van der Waals surface area contributed by atoms with Crippen molar-refractivity contribution in [2.45, 2.75) is 0 Å². The average Bonchev–Trinajstić information content (AvgIpc) is 2.43. The van der Waals surface area contributed by atoms with Crippen LogP contribution in [0.4, 0.5) is 0 Å². The molecule has 94 valence electrons. The number of fused-ring (bicyclic) bond motifs is 2. The number of aromatic carboxylic acids is 1. The van der Waals surface area contributed by atoms with Crippen LogP contribution in [-0.2, 0) is 0 Å². The average molecular weight is 288 g/mol. The maximum atomic E-state index is 11.5. The molecule has 0 aliphatic heterocycles. The number of benzene rings is 3. The van der Waals surface area contributed by atoms with Crippen LogP contribution in [0.2, 0.25) is 0 Å². The quantitative estimate of drug-likeness (QED) is 0.572. The van der Waals surface area contributed by atoms with Crippen molar-refractivity contribution in [3.63, 3.8) is 0 Å². The Morgan fingerprint density at radius 3 is 2.25 bits per heavy atom. The monoisotopic (exact) mass is 288 g/mol. The Balaban J connectivity index is 0.00000147. The molecule has 2 nitrogen and oxygen atoms in total. The van der Waals surface area contributed by atoms with E-state index in [2.05, 4.69) is 6.58 Å². The van der Waals surface area contributed by atoms with E-state index in [0.717, 1.165) is 21.5 Å². The summed E-state index contributed by atoms with van der Waals surface area (Å²) in [5.41, 5.74) is 0.966. The molecule has 0 saturated carbocycles. The van der Waals surface area contributed by atoms with E-state index in [9.17, 15) is 9.90 Å². The van der Waals surface area contributed by atoms with Crippen molar-refractivity contribution >= 4 is 71.3 Å². The first-order valence-electron chi connectivity index (χ1n) is 6.02. The van der Waals surface area contributed by atoms with Crippen molar-refractivity contribution in [1.29, 1.82) is 0 Å². The minimum Gasteiger partial charge on any atom is -0.478 e. The van der Waals surface area contributed by atoms with Crippen LogP contribution >= 0.6 is 0 Å². The summed E-state index contributed by atoms with van der Waals surface area (Å²) in [6.07, 6.45) is 1.58. The molecule has 20 heavy (non-hydrogen) atoms. The standard InChI is InChI=1S/C17H12O2.Ca/c1-2-11-7-8-14-9-12-5-3-4-6-13(12)10-15(14)16(11)17(18)19;/h2-10H,1H2,(H,18,19);. The molecule has 0 heterocycles. The van der Waals surface area contributed by atoms with Gasteiger partial charge in [-0.15, -0.1) is 0 Å². The molecule has 0 saturated heterocycles. The first-order chi connectivity index (χ1) is 9.20. The fourth-order valence-electron chi connectivity index (χ4n) is 2.44. The maximum Gasteiger partial charge on any atom is 0.336 e. The largest absolute Gasteiger partial charge is 0.478 e. The molecule has 3 heteroatoms. The zero-order chi connectivity index (χ0) is 13.4. The van der Waals surface area contributed by atoms with E-state index in [0.29, 0.717) is 11.1 Å². The molecule has 0 aliphatic rings. The van der Waals surface area contributed by atoms with Gasteiger partial charge in [-0.25, -0.2) is 4.79 Å². The van der Waals surface area contributed by atoms with Gasteiger partial charge in [0.2, 0.25) is 0 Å². The maximum absolute atomic E-state index is 11.5. The number of carboxylic acid groups (broad SMARTS) is 1. The summed E-state index contributed by atoms with van der Waals surface area (Å²) in [6.45, 7) is 3.68. The van der Waals surface area contributed by atoms with Crippen molar-refractivity contribution in [1.82, 2.24) is 0 Å². The Kier molecular flexibility index (Phi) is 4.48. The molecule has 1 N–H and O–H groups in total. The zero-order valence-electron chi connectivity index (χ0n) is 11.0. The number of hydrogen-bond acceptors (Lipinski definition) is 1. The Bertz CT molecular complexity index is 822. The molecule has 0 atom stereocenters. The number of hydrogen-bond donors (Lipinski definition) is 1. The second-order valence-electron chi connectivity index (χ2n) is 4.46. The molecule has 0 fully saturated rings. The van der Waals surface area contributed by atoms with Crippen LogP contribution in [0.15, 0.2) is 55.1 Å². The number of carbonyl (C=O) groups is 1. The van der Waals surface area contributed by atoms with E-state index >= 15 is 0 Å². The van der Waals surface area contributed by atoms with Gasteiger partial charge in [-0.1, -0.05) is 49.1 Å².